The molecule has 0 amide bonds. The molecule has 2 heteroatoms. The molecule has 1 aliphatic carbocycles. The van der Waals surface area contributed by atoms with E-state index in [1.54, 1.807) is 0 Å². The Hall–Kier alpha value is -1.30. The topological polar surface area (TPSA) is 46.2 Å². The van der Waals surface area contributed by atoms with Gasteiger partial charge in [-0.1, -0.05) is 24.3 Å². The summed E-state index contributed by atoms with van der Waals surface area (Å²) in [4.78, 5) is 0. The number of fused-ring (bicyclic) bond motifs is 1. The van der Waals surface area contributed by atoms with Crippen LogP contribution in [-0.2, 0) is 5.60 Å². The molecule has 0 aliphatic heterocycles. The summed E-state index contributed by atoms with van der Waals surface area (Å²) in [5.74, 6) is 2.56. The standard InChI is InChI=1S/C13H15NO/c1-2-3-8-13(15)9-12(14)10-6-4-5-7-11(10)13/h1,4-7,12,15H,3,8-9,14H2. The average Bonchev–Trinajstić information content (AvgIpc) is 2.50. The van der Waals surface area contributed by atoms with Crippen molar-refractivity contribution in [2.75, 3.05) is 0 Å². The van der Waals surface area contributed by atoms with Gasteiger partial charge in [0.1, 0.15) is 0 Å². The zero-order valence-electron chi connectivity index (χ0n) is 8.61. The van der Waals surface area contributed by atoms with Crippen molar-refractivity contribution in [1.29, 1.82) is 0 Å². The first kappa shape index (κ1) is 10.2. The number of benzene rings is 1. The summed E-state index contributed by atoms with van der Waals surface area (Å²) < 4.78 is 0. The first-order valence-corrected chi connectivity index (χ1v) is 5.18. The van der Waals surface area contributed by atoms with Crippen molar-refractivity contribution < 1.29 is 5.11 Å². The van der Waals surface area contributed by atoms with Crippen LogP contribution in [0.25, 0.3) is 0 Å². The van der Waals surface area contributed by atoms with Crippen molar-refractivity contribution in [3.63, 3.8) is 0 Å². The molecule has 1 aromatic carbocycles. The predicted octanol–water partition coefficient (Wildman–Crippen LogP) is 1.69. The van der Waals surface area contributed by atoms with Gasteiger partial charge >= 0.3 is 0 Å². The fourth-order valence-electron chi connectivity index (χ4n) is 2.34. The van der Waals surface area contributed by atoms with E-state index >= 15 is 0 Å². The molecule has 1 aliphatic rings. The van der Waals surface area contributed by atoms with Gasteiger partial charge in [-0.3, -0.25) is 0 Å². The summed E-state index contributed by atoms with van der Waals surface area (Å²) in [6.07, 6.45) is 6.98. The molecule has 0 spiro atoms. The Labute approximate surface area is 90.1 Å². The summed E-state index contributed by atoms with van der Waals surface area (Å²) in [5, 5.41) is 10.5. The van der Waals surface area contributed by atoms with Crippen LogP contribution >= 0.6 is 0 Å². The number of terminal acetylenes is 1. The van der Waals surface area contributed by atoms with E-state index in [2.05, 4.69) is 5.92 Å². The van der Waals surface area contributed by atoms with Gasteiger partial charge in [-0.15, -0.1) is 12.3 Å². The Balaban J connectivity index is 2.35. The monoisotopic (exact) mass is 201 g/mol. The molecule has 0 saturated heterocycles. The van der Waals surface area contributed by atoms with E-state index in [4.69, 9.17) is 12.2 Å². The number of hydrogen-bond acceptors (Lipinski definition) is 2. The average molecular weight is 201 g/mol. The molecular formula is C13H15NO. The van der Waals surface area contributed by atoms with Crippen molar-refractivity contribution in [3.8, 4) is 12.3 Å². The van der Waals surface area contributed by atoms with Crippen LogP contribution in [-0.4, -0.2) is 5.11 Å². The van der Waals surface area contributed by atoms with Crippen molar-refractivity contribution >= 4 is 0 Å². The third kappa shape index (κ3) is 1.65. The van der Waals surface area contributed by atoms with Gasteiger partial charge in [0.2, 0.25) is 0 Å². The summed E-state index contributed by atoms with van der Waals surface area (Å²) in [6.45, 7) is 0. The second-order valence-electron chi connectivity index (χ2n) is 4.13. The van der Waals surface area contributed by atoms with Gasteiger partial charge in [-0.05, 0) is 24.0 Å². The van der Waals surface area contributed by atoms with E-state index in [1.165, 1.54) is 0 Å². The highest BCUT2D eigenvalue weighted by molar-refractivity contribution is 5.39. The molecule has 3 N–H and O–H groups in total. The van der Waals surface area contributed by atoms with E-state index in [9.17, 15) is 5.11 Å². The van der Waals surface area contributed by atoms with Crippen LogP contribution in [0.1, 0.15) is 36.4 Å². The molecule has 1 aromatic rings. The Kier molecular flexibility index (Phi) is 2.52. The van der Waals surface area contributed by atoms with Crippen molar-refractivity contribution in [2.24, 2.45) is 5.73 Å². The number of nitrogens with two attached hydrogens (primary N) is 1. The molecule has 0 bridgehead atoms. The Bertz CT molecular complexity index is 407. The molecule has 15 heavy (non-hydrogen) atoms. The maximum atomic E-state index is 10.5. The van der Waals surface area contributed by atoms with Crippen LogP contribution in [0.5, 0.6) is 0 Å². The van der Waals surface area contributed by atoms with Crippen molar-refractivity contribution in [3.05, 3.63) is 35.4 Å². The summed E-state index contributed by atoms with van der Waals surface area (Å²) in [7, 11) is 0. The maximum Gasteiger partial charge on any atom is 0.0926 e. The van der Waals surface area contributed by atoms with Gasteiger partial charge < -0.3 is 10.8 Å². The largest absolute Gasteiger partial charge is 0.385 e. The van der Waals surface area contributed by atoms with Crippen LogP contribution in [0.15, 0.2) is 24.3 Å². The fourth-order valence-corrected chi connectivity index (χ4v) is 2.34. The smallest absolute Gasteiger partial charge is 0.0926 e. The molecule has 2 unspecified atom stereocenters. The molecule has 2 nitrogen and oxygen atoms in total. The highest BCUT2D eigenvalue weighted by atomic mass is 16.3. The lowest BCUT2D eigenvalue weighted by Gasteiger charge is -2.23. The van der Waals surface area contributed by atoms with Crippen LogP contribution in [0.3, 0.4) is 0 Å². The predicted molar refractivity (Wildman–Crippen MR) is 60.0 cm³/mol. The van der Waals surface area contributed by atoms with Gasteiger partial charge in [0.25, 0.3) is 0 Å². The lowest BCUT2D eigenvalue weighted by molar-refractivity contribution is 0.0264. The normalized spacial score (nSPS) is 28.5. The fraction of sp³-hybridized carbons (Fsp3) is 0.385. The second-order valence-corrected chi connectivity index (χ2v) is 4.13. The van der Waals surface area contributed by atoms with E-state index in [1.807, 2.05) is 24.3 Å². The van der Waals surface area contributed by atoms with Gasteiger partial charge in [-0.25, -0.2) is 0 Å². The Morgan fingerprint density at radius 3 is 3.00 bits per heavy atom. The van der Waals surface area contributed by atoms with E-state index in [0.717, 1.165) is 11.1 Å². The quantitative estimate of drug-likeness (QED) is 0.715. The lowest BCUT2D eigenvalue weighted by Crippen LogP contribution is -2.23. The number of rotatable bonds is 2. The van der Waals surface area contributed by atoms with Crippen LogP contribution in [0, 0.1) is 12.3 Å². The van der Waals surface area contributed by atoms with Gasteiger partial charge in [0.15, 0.2) is 0 Å². The Morgan fingerprint density at radius 1 is 1.53 bits per heavy atom. The minimum atomic E-state index is -0.817. The lowest BCUT2D eigenvalue weighted by atomic mass is 9.91. The van der Waals surface area contributed by atoms with Crippen molar-refractivity contribution in [2.45, 2.75) is 30.9 Å². The van der Waals surface area contributed by atoms with E-state index in [0.29, 0.717) is 19.3 Å². The first-order valence-electron chi connectivity index (χ1n) is 5.18. The molecule has 78 valence electrons. The molecular weight excluding hydrogens is 186 g/mol. The van der Waals surface area contributed by atoms with Crippen LogP contribution in [0.2, 0.25) is 0 Å². The molecule has 0 radical (unpaired) electrons. The molecule has 0 saturated carbocycles. The molecule has 0 aromatic heterocycles. The zero-order valence-corrected chi connectivity index (χ0v) is 8.61. The Morgan fingerprint density at radius 2 is 2.27 bits per heavy atom. The number of hydrogen-bond donors (Lipinski definition) is 2. The maximum absolute atomic E-state index is 10.5. The molecule has 0 fully saturated rings. The van der Waals surface area contributed by atoms with E-state index in [-0.39, 0.29) is 6.04 Å². The summed E-state index contributed by atoms with van der Waals surface area (Å²) in [6, 6.07) is 7.74. The minimum Gasteiger partial charge on any atom is -0.385 e. The van der Waals surface area contributed by atoms with Crippen LogP contribution in [0.4, 0.5) is 0 Å². The van der Waals surface area contributed by atoms with Gasteiger partial charge in [-0.2, -0.15) is 0 Å². The van der Waals surface area contributed by atoms with Crippen LogP contribution < -0.4 is 5.73 Å². The molecule has 0 heterocycles. The SMILES string of the molecule is C#CCCC1(O)CC(N)c2ccccc21. The molecule has 2 rings (SSSR count). The highest BCUT2D eigenvalue weighted by Crippen LogP contribution is 2.44. The first-order chi connectivity index (χ1) is 7.17. The number of aliphatic hydroxyl groups is 1. The minimum absolute atomic E-state index is 0.0658. The summed E-state index contributed by atoms with van der Waals surface area (Å²) in [5.41, 5.74) is 7.17. The van der Waals surface area contributed by atoms with E-state index < -0.39 is 5.60 Å². The third-order valence-electron chi connectivity index (χ3n) is 3.10. The van der Waals surface area contributed by atoms with Crippen molar-refractivity contribution in [1.82, 2.24) is 0 Å². The molecule has 2 atom stereocenters. The zero-order chi connectivity index (χ0) is 10.9. The highest BCUT2D eigenvalue weighted by Gasteiger charge is 2.39. The van der Waals surface area contributed by atoms with Gasteiger partial charge in [0, 0.05) is 12.5 Å². The second kappa shape index (κ2) is 3.69. The third-order valence-corrected chi connectivity index (χ3v) is 3.10. The summed E-state index contributed by atoms with van der Waals surface area (Å²) >= 11 is 0. The van der Waals surface area contributed by atoms with Gasteiger partial charge in [0.05, 0.1) is 5.60 Å².